The molecule has 0 spiro atoms. The number of nitrogens with one attached hydrogen (secondary N) is 2. The van der Waals surface area contributed by atoms with Gasteiger partial charge in [0.1, 0.15) is 0 Å². The number of fused-ring (bicyclic) bond motifs is 1. The number of nitrogens with zero attached hydrogens (tertiary/aromatic N) is 1. The summed E-state index contributed by atoms with van der Waals surface area (Å²) in [6.07, 6.45) is 0.0843. The molecule has 0 radical (unpaired) electrons. The maximum atomic E-state index is 12.8. The standard InChI is InChI=1S/C22H19N3O2S/c26-21(15-20-22(27)23-18-13-7-8-14-19(18)28-20)24-25(16-9-3-1-4-10-16)17-11-5-2-6-12-17/h1-14,20H,15H2,(H,23,27)(H,24,26). The van der Waals surface area contributed by atoms with Gasteiger partial charge in [0, 0.05) is 11.3 Å². The number of hydrogen-bond donors (Lipinski definition) is 2. The number of thioether (sulfide) groups is 1. The Bertz CT molecular complexity index is 940. The molecule has 0 aromatic heterocycles. The van der Waals surface area contributed by atoms with Crippen LogP contribution in [0.3, 0.4) is 0 Å². The topological polar surface area (TPSA) is 61.4 Å². The molecule has 1 aliphatic rings. The summed E-state index contributed by atoms with van der Waals surface area (Å²) in [6.45, 7) is 0. The zero-order valence-electron chi connectivity index (χ0n) is 15.0. The van der Waals surface area contributed by atoms with Crippen LogP contribution in [0, 0.1) is 0 Å². The summed E-state index contributed by atoms with van der Waals surface area (Å²) >= 11 is 1.42. The first-order valence-electron chi connectivity index (χ1n) is 8.97. The predicted octanol–water partition coefficient (Wildman–Crippen LogP) is 4.36. The molecule has 0 bridgehead atoms. The highest BCUT2D eigenvalue weighted by Crippen LogP contribution is 2.36. The Hall–Kier alpha value is -3.25. The number of carbonyl (C=O) groups is 2. The number of para-hydroxylation sites is 3. The SMILES string of the molecule is O=C(CC1Sc2ccccc2NC1=O)NN(c1ccccc1)c1ccccc1. The van der Waals surface area contributed by atoms with Gasteiger partial charge in [-0.05, 0) is 36.4 Å². The molecule has 0 saturated heterocycles. The van der Waals surface area contributed by atoms with Crippen LogP contribution >= 0.6 is 11.8 Å². The van der Waals surface area contributed by atoms with Crippen molar-refractivity contribution in [3.8, 4) is 0 Å². The fraction of sp³-hybridized carbons (Fsp3) is 0.0909. The predicted molar refractivity (Wildman–Crippen MR) is 112 cm³/mol. The molecular weight excluding hydrogens is 370 g/mol. The lowest BCUT2D eigenvalue weighted by atomic mass is 10.2. The molecule has 2 N–H and O–H groups in total. The van der Waals surface area contributed by atoms with Gasteiger partial charge in [0.15, 0.2) is 0 Å². The van der Waals surface area contributed by atoms with Gasteiger partial charge in [0.05, 0.1) is 22.3 Å². The first-order valence-corrected chi connectivity index (χ1v) is 9.85. The molecule has 4 rings (SSSR count). The van der Waals surface area contributed by atoms with Gasteiger partial charge >= 0.3 is 0 Å². The second kappa shape index (κ2) is 8.19. The van der Waals surface area contributed by atoms with Gasteiger partial charge in [-0.3, -0.25) is 20.0 Å². The molecule has 3 aromatic rings. The molecule has 1 heterocycles. The van der Waals surface area contributed by atoms with Crippen molar-refractivity contribution >= 4 is 40.6 Å². The van der Waals surface area contributed by atoms with E-state index in [1.165, 1.54) is 11.8 Å². The minimum Gasteiger partial charge on any atom is -0.324 e. The third kappa shape index (κ3) is 4.02. The van der Waals surface area contributed by atoms with Crippen molar-refractivity contribution in [1.82, 2.24) is 5.43 Å². The molecule has 0 saturated carbocycles. The van der Waals surface area contributed by atoms with E-state index in [2.05, 4.69) is 10.7 Å². The quantitative estimate of drug-likeness (QED) is 0.637. The number of rotatable bonds is 5. The summed E-state index contributed by atoms with van der Waals surface area (Å²) in [7, 11) is 0. The van der Waals surface area contributed by atoms with Crippen LogP contribution in [0.2, 0.25) is 0 Å². The Kier molecular flexibility index (Phi) is 5.30. The number of benzene rings is 3. The third-order valence-corrected chi connectivity index (χ3v) is 5.62. The first kappa shape index (κ1) is 18.1. The van der Waals surface area contributed by atoms with Crippen LogP contribution in [0.25, 0.3) is 0 Å². The smallest absolute Gasteiger partial charge is 0.240 e. The molecule has 3 aromatic carbocycles. The van der Waals surface area contributed by atoms with E-state index in [1.807, 2.05) is 84.9 Å². The lowest BCUT2D eigenvalue weighted by Gasteiger charge is -2.27. The molecule has 2 amide bonds. The second-order valence-corrected chi connectivity index (χ2v) is 7.58. The lowest BCUT2D eigenvalue weighted by molar-refractivity contribution is -0.124. The van der Waals surface area contributed by atoms with E-state index in [9.17, 15) is 9.59 Å². The highest BCUT2D eigenvalue weighted by Gasteiger charge is 2.29. The largest absolute Gasteiger partial charge is 0.324 e. The van der Waals surface area contributed by atoms with E-state index in [-0.39, 0.29) is 18.2 Å². The molecule has 1 aliphatic heterocycles. The van der Waals surface area contributed by atoms with Gasteiger partial charge in [0.25, 0.3) is 0 Å². The van der Waals surface area contributed by atoms with Gasteiger partial charge in [-0.25, -0.2) is 0 Å². The molecule has 28 heavy (non-hydrogen) atoms. The maximum absolute atomic E-state index is 12.8. The van der Waals surface area contributed by atoms with E-state index in [4.69, 9.17) is 0 Å². The Balaban J connectivity index is 1.50. The van der Waals surface area contributed by atoms with Gasteiger partial charge < -0.3 is 5.32 Å². The molecule has 5 nitrogen and oxygen atoms in total. The van der Waals surface area contributed by atoms with Crippen LogP contribution in [0.5, 0.6) is 0 Å². The van der Waals surface area contributed by atoms with Crippen LogP contribution in [0.1, 0.15) is 6.42 Å². The van der Waals surface area contributed by atoms with Crippen molar-refractivity contribution < 1.29 is 9.59 Å². The molecular formula is C22H19N3O2S. The van der Waals surface area contributed by atoms with Gasteiger partial charge in [-0.1, -0.05) is 48.5 Å². The van der Waals surface area contributed by atoms with Crippen molar-refractivity contribution in [2.75, 3.05) is 10.3 Å². The summed E-state index contributed by atoms with van der Waals surface area (Å²) in [5, 5.41) is 4.15. The summed E-state index contributed by atoms with van der Waals surface area (Å²) in [4.78, 5) is 26.1. The summed E-state index contributed by atoms with van der Waals surface area (Å²) in [6, 6.07) is 26.8. The fourth-order valence-electron chi connectivity index (χ4n) is 3.00. The average Bonchev–Trinajstić information content (AvgIpc) is 2.74. The monoisotopic (exact) mass is 389 g/mol. The van der Waals surface area contributed by atoms with Crippen LogP contribution in [-0.4, -0.2) is 17.1 Å². The molecule has 0 aliphatic carbocycles. The van der Waals surface area contributed by atoms with Crippen LogP contribution in [-0.2, 0) is 9.59 Å². The third-order valence-electron chi connectivity index (χ3n) is 4.34. The highest BCUT2D eigenvalue weighted by atomic mass is 32.2. The number of hydrazine groups is 1. The molecule has 6 heteroatoms. The average molecular weight is 389 g/mol. The van der Waals surface area contributed by atoms with Crippen molar-refractivity contribution in [3.63, 3.8) is 0 Å². The fourth-order valence-corrected chi connectivity index (χ4v) is 4.11. The molecule has 1 atom stereocenters. The highest BCUT2D eigenvalue weighted by molar-refractivity contribution is 8.01. The zero-order valence-corrected chi connectivity index (χ0v) is 15.9. The Morgan fingerprint density at radius 2 is 1.46 bits per heavy atom. The minimum atomic E-state index is -0.469. The normalized spacial score (nSPS) is 15.3. The maximum Gasteiger partial charge on any atom is 0.240 e. The summed E-state index contributed by atoms with van der Waals surface area (Å²) in [5.74, 6) is -0.371. The zero-order chi connectivity index (χ0) is 19.3. The van der Waals surface area contributed by atoms with Gasteiger partial charge in [-0.15, -0.1) is 11.8 Å². The van der Waals surface area contributed by atoms with Crippen LogP contribution < -0.4 is 15.8 Å². The van der Waals surface area contributed by atoms with Gasteiger partial charge in [0.2, 0.25) is 11.8 Å². The van der Waals surface area contributed by atoms with Crippen molar-refractivity contribution in [2.24, 2.45) is 0 Å². The van der Waals surface area contributed by atoms with Crippen LogP contribution in [0.15, 0.2) is 89.8 Å². The Morgan fingerprint density at radius 1 is 0.893 bits per heavy atom. The van der Waals surface area contributed by atoms with Crippen molar-refractivity contribution in [3.05, 3.63) is 84.9 Å². The Morgan fingerprint density at radius 3 is 2.11 bits per heavy atom. The second-order valence-electron chi connectivity index (χ2n) is 6.34. The molecule has 140 valence electrons. The van der Waals surface area contributed by atoms with E-state index in [1.54, 1.807) is 5.01 Å². The van der Waals surface area contributed by atoms with E-state index in [0.717, 1.165) is 22.0 Å². The first-order chi connectivity index (χ1) is 13.7. The number of carbonyl (C=O) groups excluding carboxylic acids is 2. The van der Waals surface area contributed by atoms with Crippen molar-refractivity contribution in [2.45, 2.75) is 16.6 Å². The van der Waals surface area contributed by atoms with E-state index >= 15 is 0 Å². The molecule has 0 fully saturated rings. The Labute approximate surface area is 167 Å². The number of hydrogen-bond acceptors (Lipinski definition) is 4. The van der Waals surface area contributed by atoms with E-state index in [0.29, 0.717) is 0 Å². The summed E-state index contributed by atoms with van der Waals surface area (Å²) < 4.78 is 0. The van der Waals surface area contributed by atoms with Crippen LogP contribution in [0.4, 0.5) is 17.1 Å². The van der Waals surface area contributed by atoms with Gasteiger partial charge in [-0.2, -0.15) is 0 Å². The van der Waals surface area contributed by atoms with E-state index < -0.39 is 5.25 Å². The number of amides is 2. The number of anilines is 3. The van der Waals surface area contributed by atoms with Crippen molar-refractivity contribution in [1.29, 1.82) is 0 Å². The molecule has 1 unspecified atom stereocenters. The lowest BCUT2D eigenvalue weighted by Crippen LogP contribution is -2.42. The minimum absolute atomic E-state index is 0.0843. The summed E-state index contributed by atoms with van der Waals surface area (Å²) in [5.41, 5.74) is 5.42.